The van der Waals surface area contributed by atoms with Gasteiger partial charge in [0.15, 0.2) is 0 Å². The van der Waals surface area contributed by atoms with E-state index in [2.05, 4.69) is 9.62 Å². The molecule has 0 spiro atoms. The Labute approximate surface area is 119 Å². The third kappa shape index (κ3) is 3.68. The minimum absolute atomic E-state index is 0.0736. The normalized spacial score (nSPS) is 17.2. The van der Waals surface area contributed by atoms with Crippen molar-refractivity contribution >= 4 is 15.7 Å². The highest BCUT2D eigenvalue weighted by Crippen LogP contribution is 2.21. The predicted molar refractivity (Wildman–Crippen MR) is 76.3 cm³/mol. The standard InChI is InChI=1S/C13H20FN3O2S/c14-11-5-4-6-12(15)13(11)20(18,19)16-7-10-17-8-2-1-3-9-17/h4-6,16H,1-3,7-10,15H2. The molecule has 1 aliphatic rings. The highest BCUT2D eigenvalue weighted by atomic mass is 32.2. The zero-order chi connectivity index (χ0) is 14.6. The van der Waals surface area contributed by atoms with Crippen LogP contribution in [0.25, 0.3) is 0 Å². The van der Waals surface area contributed by atoms with Crippen molar-refractivity contribution in [1.29, 1.82) is 0 Å². The summed E-state index contributed by atoms with van der Waals surface area (Å²) >= 11 is 0. The number of nitrogens with two attached hydrogens (primary N) is 1. The van der Waals surface area contributed by atoms with Crippen LogP contribution in [0.3, 0.4) is 0 Å². The van der Waals surface area contributed by atoms with Crippen LogP contribution in [0.15, 0.2) is 23.1 Å². The van der Waals surface area contributed by atoms with Crippen molar-refractivity contribution in [1.82, 2.24) is 9.62 Å². The summed E-state index contributed by atoms with van der Waals surface area (Å²) in [6.07, 6.45) is 3.52. The number of nitrogens with zero attached hydrogens (tertiary/aromatic N) is 1. The quantitative estimate of drug-likeness (QED) is 0.801. The average Bonchev–Trinajstić information content (AvgIpc) is 2.39. The van der Waals surface area contributed by atoms with E-state index in [1.807, 2.05) is 0 Å². The molecule has 1 aromatic rings. The van der Waals surface area contributed by atoms with Crippen LogP contribution in [-0.4, -0.2) is 39.5 Å². The van der Waals surface area contributed by atoms with E-state index < -0.39 is 20.7 Å². The smallest absolute Gasteiger partial charge is 0.245 e. The van der Waals surface area contributed by atoms with Crippen molar-refractivity contribution in [3.8, 4) is 0 Å². The Kier molecular flexibility index (Phi) is 4.95. The van der Waals surface area contributed by atoms with Crippen LogP contribution < -0.4 is 10.5 Å². The minimum atomic E-state index is -3.90. The molecule has 7 heteroatoms. The first kappa shape index (κ1) is 15.2. The van der Waals surface area contributed by atoms with Gasteiger partial charge in [0.25, 0.3) is 0 Å². The van der Waals surface area contributed by atoms with E-state index in [1.165, 1.54) is 18.6 Å². The molecule has 1 aliphatic heterocycles. The monoisotopic (exact) mass is 301 g/mol. The fraction of sp³-hybridized carbons (Fsp3) is 0.538. The maximum absolute atomic E-state index is 13.6. The van der Waals surface area contributed by atoms with E-state index in [0.717, 1.165) is 32.0 Å². The summed E-state index contributed by atoms with van der Waals surface area (Å²) < 4.78 is 40.2. The Morgan fingerprint density at radius 3 is 2.60 bits per heavy atom. The van der Waals surface area contributed by atoms with Crippen LogP contribution in [-0.2, 0) is 10.0 Å². The molecule has 112 valence electrons. The summed E-state index contributed by atoms with van der Waals surface area (Å²) in [7, 11) is -3.90. The number of hydrogen-bond donors (Lipinski definition) is 2. The van der Waals surface area contributed by atoms with E-state index in [9.17, 15) is 12.8 Å². The van der Waals surface area contributed by atoms with Crippen molar-refractivity contribution in [3.05, 3.63) is 24.0 Å². The number of nitrogens with one attached hydrogen (secondary N) is 1. The lowest BCUT2D eigenvalue weighted by Gasteiger charge is -2.26. The van der Waals surface area contributed by atoms with Gasteiger partial charge in [0.2, 0.25) is 10.0 Å². The number of sulfonamides is 1. The molecule has 0 unspecified atom stereocenters. The second kappa shape index (κ2) is 6.51. The molecule has 0 saturated carbocycles. The zero-order valence-electron chi connectivity index (χ0n) is 11.3. The number of hydrogen-bond acceptors (Lipinski definition) is 4. The third-order valence-corrected chi connectivity index (χ3v) is 4.99. The van der Waals surface area contributed by atoms with E-state index >= 15 is 0 Å². The van der Waals surface area contributed by atoms with Gasteiger partial charge in [-0.25, -0.2) is 17.5 Å². The Morgan fingerprint density at radius 1 is 1.25 bits per heavy atom. The summed E-state index contributed by atoms with van der Waals surface area (Å²) in [6, 6.07) is 3.86. The van der Waals surface area contributed by atoms with Gasteiger partial charge in [0.1, 0.15) is 10.7 Å². The van der Waals surface area contributed by atoms with Gasteiger partial charge in [-0.2, -0.15) is 0 Å². The van der Waals surface area contributed by atoms with Crippen LogP contribution in [0.4, 0.5) is 10.1 Å². The minimum Gasteiger partial charge on any atom is -0.398 e. The molecule has 2 rings (SSSR count). The molecule has 0 radical (unpaired) electrons. The molecule has 0 aromatic heterocycles. The molecule has 1 saturated heterocycles. The van der Waals surface area contributed by atoms with Crippen molar-refractivity contribution in [2.45, 2.75) is 24.2 Å². The number of halogens is 1. The summed E-state index contributed by atoms with van der Waals surface area (Å²) in [5.41, 5.74) is 5.48. The van der Waals surface area contributed by atoms with E-state index in [0.29, 0.717) is 6.54 Å². The highest BCUT2D eigenvalue weighted by Gasteiger charge is 2.22. The molecule has 0 aliphatic carbocycles. The van der Waals surface area contributed by atoms with E-state index in [4.69, 9.17) is 5.73 Å². The summed E-state index contributed by atoms with van der Waals surface area (Å²) in [5, 5.41) is 0. The maximum atomic E-state index is 13.6. The molecule has 0 atom stereocenters. The van der Waals surface area contributed by atoms with E-state index in [1.54, 1.807) is 0 Å². The van der Waals surface area contributed by atoms with Gasteiger partial charge in [-0.1, -0.05) is 12.5 Å². The van der Waals surface area contributed by atoms with Gasteiger partial charge in [-0.15, -0.1) is 0 Å². The summed E-state index contributed by atoms with van der Waals surface area (Å²) in [5.74, 6) is -0.824. The Bertz CT molecular complexity index is 536. The number of rotatable bonds is 5. The first-order valence-electron chi connectivity index (χ1n) is 6.77. The molecule has 20 heavy (non-hydrogen) atoms. The SMILES string of the molecule is Nc1cccc(F)c1S(=O)(=O)NCCN1CCCCC1. The largest absolute Gasteiger partial charge is 0.398 e. The first-order valence-corrected chi connectivity index (χ1v) is 8.25. The fourth-order valence-electron chi connectivity index (χ4n) is 2.40. The highest BCUT2D eigenvalue weighted by molar-refractivity contribution is 7.89. The average molecular weight is 301 g/mol. The Hall–Kier alpha value is -1.18. The molecular formula is C13H20FN3O2S. The molecule has 1 heterocycles. The second-order valence-corrected chi connectivity index (χ2v) is 6.66. The molecular weight excluding hydrogens is 281 g/mol. The van der Waals surface area contributed by atoms with Gasteiger partial charge in [0.05, 0.1) is 5.69 Å². The third-order valence-electron chi connectivity index (χ3n) is 3.43. The fourth-order valence-corrected chi connectivity index (χ4v) is 3.61. The topological polar surface area (TPSA) is 75.4 Å². The summed E-state index contributed by atoms with van der Waals surface area (Å²) in [4.78, 5) is 1.75. The number of likely N-dealkylation sites (tertiary alicyclic amines) is 1. The van der Waals surface area contributed by atoms with Gasteiger partial charge in [0, 0.05) is 13.1 Å². The number of piperidine rings is 1. The van der Waals surface area contributed by atoms with Crippen LogP contribution >= 0.6 is 0 Å². The van der Waals surface area contributed by atoms with Crippen molar-refractivity contribution < 1.29 is 12.8 Å². The molecule has 0 bridgehead atoms. The predicted octanol–water partition coefficient (Wildman–Crippen LogP) is 1.17. The molecule has 1 fully saturated rings. The van der Waals surface area contributed by atoms with Crippen LogP contribution in [0.5, 0.6) is 0 Å². The molecule has 0 amide bonds. The lowest BCUT2D eigenvalue weighted by atomic mass is 10.1. The van der Waals surface area contributed by atoms with Gasteiger partial charge in [-0.3, -0.25) is 0 Å². The van der Waals surface area contributed by atoms with Gasteiger partial charge < -0.3 is 10.6 Å². The molecule has 3 N–H and O–H groups in total. The van der Waals surface area contributed by atoms with Gasteiger partial charge in [-0.05, 0) is 38.1 Å². The first-order chi connectivity index (χ1) is 9.50. The number of nitrogen functional groups attached to an aromatic ring is 1. The lowest BCUT2D eigenvalue weighted by molar-refractivity contribution is 0.232. The zero-order valence-corrected chi connectivity index (χ0v) is 12.1. The van der Waals surface area contributed by atoms with Crippen LogP contribution in [0.2, 0.25) is 0 Å². The second-order valence-electron chi connectivity index (χ2n) is 4.96. The number of anilines is 1. The van der Waals surface area contributed by atoms with Crippen LogP contribution in [0.1, 0.15) is 19.3 Å². The Balaban J connectivity index is 1.97. The van der Waals surface area contributed by atoms with Gasteiger partial charge >= 0.3 is 0 Å². The number of benzene rings is 1. The lowest BCUT2D eigenvalue weighted by Crippen LogP contribution is -2.38. The van der Waals surface area contributed by atoms with Crippen molar-refractivity contribution in [2.24, 2.45) is 0 Å². The van der Waals surface area contributed by atoms with Crippen molar-refractivity contribution in [2.75, 3.05) is 31.9 Å². The van der Waals surface area contributed by atoms with Crippen LogP contribution in [0, 0.1) is 5.82 Å². The maximum Gasteiger partial charge on any atom is 0.245 e. The van der Waals surface area contributed by atoms with Crippen molar-refractivity contribution in [3.63, 3.8) is 0 Å². The summed E-state index contributed by atoms with van der Waals surface area (Å²) in [6.45, 7) is 2.87. The Morgan fingerprint density at radius 2 is 1.95 bits per heavy atom. The molecule has 5 nitrogen and oxygen atoms in total. The molecule has 1 aromatic carbocycles. The van der Waals surface area contributed by atoms with E-state index in [-0.39, 0.29) is 12.2 Å².